The number of aromatic hydroxyl groups is 1. The SMILES string of the molecule is O=C(N/N=C\c1ccc(I)o1)c1cc(Br)cc(Br)c1O. The minimum atomic E-state index is -0.526. The van der Waals surface area contributed by atoms with Gasteiger partial charge in [0.25, 0.3) is 5.91 Å². The number of halogens is 3. The van der Waals surface area contributed by atoms with E-state index in [1.165, 1.54) is 12.3 Å². The van der Waals surface area contributed by atoms with Gasteiger partial charge in [0.1, 0.15) is 11.5 Å². The quantitative estimate of drug-likeness (QED) is 0.372. The molecule has 1 aromatic carbocycles. The van der Waals surface area contributed by atoms with E-state index in [1.807, 2.05) is 22.6 Å². The highest BCUT2D eigenvalue weighted by molar-refractivity contribution is 14.1. The summed E-state index contributed by atoms with van der Waals surface area (Å²) in [5, 5.41) is 13.6. The van der Waals surface area contributed by atoms with Gasteiger partial charge in [0.05, 0.1) is 16.3 Å². The first-order chi connectivity index (χ1) is 9.47. The Kier molecular flexibility index (Phi) is 5.22. The van der Waals surface area contributed by atoms with E-state index in [0.29, 0.717) is 14.7 Å². The summed E-state index contributed by atoms with van der Waals surface area (Å²) in [6.07, 6.45) is 1.38. The predicted octanol–water partition coefficient (Wildman–Crippen LogP) is 3.88. The summed E-state index contributed by atoms with van der Waals surface area (Å²) in [5.74, 6) is -0.148. The zero-order chi connectivity index (χ0) is 14.7. The molecule has 1 heterocycles. The van der Waals surface area contributed by atoms with Gasteiger partial charge in [-0.15, -0.1) is 0 Å². The van der Waals surface area contributed by atoms with Gasteiger partial charge in [0.2, 0.25) is 0 Å². The molecule has 0 bridgehead atoms. The summed E-state index contributed by atoms with van der Waals surface area (Å²) in [6.45, 7) is 0. The number of nitrogens with zero attached hydrogens (tertiary/aromatic N) is 1. The molecule has 0 spiro atoms. The number of phenolic OH excluding ortho intramolecular Hbond substituents is 1. The number of hydrogen-bond acceptors (Lipinski definition) is 4. The van der Waals surface area contributed by atoms with Gasteiger partial charge in [0, 0.05) is 4.47 Å². The van der Waals surface area contributed by atoms with Crippen LogP contribution in [0.5, 0.6) is 5.75 Å². The monoisotopic (exact) mass is 512 g/mol. The molecule has 0 atom stereocenters. The van der Waals surface area contributed by atoms with E-state index in [4.69, 9.17) is 4.42 Å². The summed E-state index contributed by atoms with van der Waals surface area (Å²) < 4.78 is 7.06. The molecule has 5 nitrogen and oxygen atoms in total. The van der Waals surface area contributed by atoms with E-state index in [-0.39, 0.29) is 11.3 Å². The molecule has 1 amide bonds. The van der Waals surface area contributed by atoms with Gasteiger partial charge >= 0.3 is 0 Å². The van der Waals surface area contributed by atoms with Crippen LogP contribution < -0.4 is 5.43 Å². The maximum atomic E-state index is 11.9. The third kappa shape index (κ3) is 3.83. The first kappa shape index (κ1) is 15.5. The highest BCUT2D eigenvalue weighted by atomic mass is 127. The van der Waals surface area contributed by atoms with E-state index < -0.39 is 5.91 Å². The lowest BCUT2D eigenvalue weighted by Crippen LogP contribution is -2.17. The molecule has 2 rings (SSSR count). The van der Waals surface area contributed by atoms with Crippen LogP contribution in [-0.2, 0) is 0 Å². The molecular formula is C12H7Br2IN2O3. The molecule has 20 heavy (non-hydrogen) atoms. The Hall–Kier alpha value is -0.870. The Morgan fingerprint density at radius 3 is 2.80 bits per heavy atom. The number of hydrogen-bond donors (Lipinski definition) is 2. The smallest absolute Gasteiger partial charge is 0.275 e. The van der Waals surface area contributed by atoms with Gasteiger partial charge in [-0.05, 0) is 62.8 Å². The van der Waals surface area contributed by atoms with Crippen LogP contribution >= 0.6 is 54.5 Å². The summed E-state index contributed by atoms with van der Waals surface area (Å²) >= 11 is 8.43. The Bertz CT molecular complexity index is 685. The van der Waals surface area contributed by atoms with Crippen molar-refractivity contribution in [3.8, 4) is 5.75 Å². The van der Waals surface area contributed by atoms with Crippen molar-refractivity contribution in [2.45, 2.75) is 0 Å². The second-order valence-corrected chi connectivity index (χ2v) is 6.46. The molecule has 0 unspecified atom stereocenters. The van der Waals surface area contributed by atoms with Crippen molar-refractivity contribution in [2.75, 3.05) is 0 Å². The fraction of sp³-hybridized carbons (Fsp3) is 0. The van der Waals surface area contributed by atoms with Crippen LogP contribution in [0, 0.1) is 3.77 Å². The van der Waals surface area contributed by atoms with Crippen molar-refractivity contribution in [1.82, 2.24) is 5.43 Å². The molecule has 2 aromatic rings. The molecule has 0 radical (unpaired) electrons. The highest BCUT2D eigenvalue weighted by Gasteiger charge is 2.14. The fourth-order valence-corrected chi connectivity index (χ4v) is 3.01. The lowest BCUT2D eigenvalue weighted by Gasteiger charge is -2.05. The number of nitrogens with one attached hydrogen (secondary N) is 1. The average Bonchev–Trinajstić information content (AvgIpc) is 2.79. The largest absolute Gasteiger partial charge is 0.506 e. The Balaban J connectivity index is 2.11. The molecule has 104 valence electrons. The lowest BCUT2D eigenvalue weighted by molar-refractivity contribution is 0.0952. The minimum Gasteiger partial charge on any atom is -0.506 e. The van der Waals surface area contributed by atoms with Crippen LogP contribution in [0.2, 0.25) is 0 Å². The van der Waals surface area contributed by atoms with Gasteiger partial charge in [-0.2, -0.15) is 5.10 Å². The number of phenols is 1. The van der Waals surface area contributed by atoms with Crippen molar-refractivity contribution < 1.29 is 14.3 Å². The van der Waals surface area contributed by atoms with Gasteiger partial charge in [0.15, 0.2) is 3.77 Å². The van der Waals surface area contributed by atoms with E-state index >= 15 is 0 Å². The van der Waals surface area contributed by atoms with E-state index in [2.05, 4.69) is 42.4 Å². The van der Waals surface area contributed by atoms with Gasteiger partial charge in [-0.1, -0.05) is 15.9 Å². The van der Waals surface area contributed by atoms with Gasteiger partial charge < -0.3 is 9.52 Å². The maximum absolute atomic E-state index is 11.9. The zero-order valence-corrected chi connectivity index (χ0v) is 15.1. The van der Waals surface area contributed by atoms with E-state index in [9.17, 15) is 9.90 Å². The van der Waals surface area contributed by atoms with E-state index in [1.54, 1.807) is 18.2 Å². The third-order valence-electron chi connectivity index (χ3n) is 2.22. The predicted molar refractivity (Wildman–Crippen MR) is 90.0 cm³/mol. The van der Waals surface area contributed by atoms with Crippen LogP contribution in [0.25, 0.3) is 0 Å². The van der Waals surface area contributed by atoms with Crippen LogP contribution in [0.4, 0.5) is 0 Å². The summed E-state index contributed by atoms with van der Waals surface area (Å²) in [4.78, 5) is 11.9. The topological polar surface area (TPSA) is 74.8 Å². The minimum absolute atomic E-state index is 0.109. The Morgan fingerprint density at radius 1 is 1.40 bits per heavy atom. The van der Waals surface area contributed by atoms with Crippen molar-refractivity contribution in [2.24, 2.45) is 5.10 Å². The first-order valence-corrected chi connectivity index (χ1v) is 7.90. The summed E-state index contributed by atoms with van der Waals surface area (Å²) in [6, 6.07) is 6.65. The number of hydrazone groups is 1. The molecule has 0 aliphatic rings. The van der Waals surface area contributed by atoms with Gasteiger partial charge in [-0.25, -0.2) is 5.43 Å². The summed E-state index contributed by atoms with van der Waals surface area (Å²) in [5.41, 5.74) is 2.43. The molecule has 0 fully saturated rings. The Labute approximate surface area is 144 Å². The average molecular weight is 514 g/mol. The Morgan fingerprint density at radius 2 is 2.15 bits per heavy atom. The van der Waals surface area contributed by atoms with Crippen LogP contribution in [0.3, 0.4) is 0 Å². The van der Waals surface area contributed by atoms with Crippen molar-refractivity contribution in [3.05, 3.63) is 48.3 Å². The third-order valence-corrected chi connectivity index (χ3v) is 3.87. The highest BCUT2D eigenvalue weighted by Crippen LogP contribution is 2.31. The van der Waals surface area contributed by atoms with Crippen molar-refractivity contribution >= 4 is 66.6 Å². The molecule has 0 saturated carbocycles. The van der Waals surface area contributed by atoms with E-state index in [0.717, 1.165) is 3.77 Å². The second kappa shape index (κ2) is 6.72. The number of carbonyl (C=O) groups is 1. The zero-order valence-electron chi connectivity index (χ0n) is 9.73. The van der Waals surface area contributed by atoms with Crippen molar-refractivity contribution in [1.29, 1.82) is 0 Å². The second-order valence-electron chi connectivity index (χ2n) is 3.62. The fourth-order valence-electron chi connectivity index (χ4n) is 1.35. The van der Waals surface area contributed by atoms with Crippen LogP contribution in [0.1, 0.15) is 16.1 Å². The number of rotatable bonds is 3. The normalized spacial score (nSPS) is 10.9. The number of furan rings is 1. The number of amides is 1. The molecule has 1 aromatic heterocycles. The van der Waals surface area contributed by atoms with Gasteiger partial charge in [-0.3, -0.25) is 4.79 Å². The molecule has 0 saturated heterocycles. The first-order valence-electron chi connectivity index (χ1n) is 5.24. The summed E-state index contributed by atoms with van der Waals surface area (Å²) in [7, 11) is 0. The molecule has 0 aliphatic heterocycles. The molecule has 0 aliphatic carbocycles. The number of benzene rings is 1. The van der Waals surface area contributed by atoms with Crippen LogP contribution in [-0.4, -0.2) is 17.2 Å². The lowest BCUT2D eigenvalue weighted by atomic mass is 10.2. The standard InChI is InChI=1S/C12H7Br2IN2O3/c13-6-3-8(11(18)9(14)4-6)12(19)17-16-5-7-1-2-10(15)20-7/h1-5,18H,(H,17,19)/b16-5-. The molecule has 2 N–H and O–H groups in total. The van der Waals surface area contributed by atoms with Crippen LogP contribution in [0.15, 0.2) is 42.7 Å². The number of carbonyl (C=O) groups excluding carboxylic acids is 1. The maximum Gasteiger partial charge on any atom is 0.275 e. The molecular weight excluding hydrogens is 507 g/mol. The van der Waals surface area contributed by atoms with Crippen molar-refractivity contribution in [3.63, 3.8) is 0 Å². The molecule has 8 heteroatoms.